The van der Waals surface area contributed by atoms with E-state index in [4.69, 9.17) is 23.2 Å². The summed E-state index contributed by atoms with van der Waals surface area (Å²) in [5.41, 5.74) is 3.84. The lowest BCUT2D eigenvalue weighted by atomic mass is 9.86. The molecule has 146 valence electrons. The van der Waals surface area contributed by atoms with Crippen molar-refractivity contribution in [2.24, 2.45) is 0 Å². The Bertz CT molecular complexity index is 1070. The van der Waals surface area contributed by atoms with Gasteiger partial charge in [-0.3, -0.25) is 9.59 Å². The summed E-state index contributed by atoms with van der Waals surface area (Å²) in [6.45, 7) is -0.163. The predicted octanol–water partition coefficient (Wildman–Crippen LogP) is 5.24. The highest BCUT2D eigenvalue weighted by atomic mass is 35.5. The Balaban J connectivity index is 1.72. The van der Waals surface area contributed by atoms with E-state index in [1.807, 2.05) is 30.3 Å². The van der Waals surface area contributed by atoms with E-state index in [0.29, 0.717) is 27.6 Å². The van der Waals surface area contributed by atoms with Crippen molar-refractivity contribution in [3.8, 4) is 0 Å². The summed E-state index contributed by atoms with van der Waals surface area (Å²) in [6.07, 6.45) is 6.32. The van der Waals surface area contributed by atoms with Crippen LogP contribution in [-0.2, 0) is 4.79 Å². The van der Waals surface area contributed by atoms with Gasteiger partial charge in [-0.15, -0.1) is 0 Å². The van der Waals surface area contributed by atoms with Crippen LogP contribution in [0.3, 0.4) is 0 Å². The van der Waals surface area contributed by atoms with Gasteiger partial charge in [0.2, 0.25) is 0 Å². The van der Waals surface area contributed by atoms with Crippen molar-refractivity contribution in [3.63, 3.8) is 0 Å². The fourth-order valence-electron chi connectivity index (χ4n) is 3.69. The maximum absolute atomic E-state index is 13.2. The summed E-state index contributed by atoms with van der Waals surface area (Å²) in [7, 11) is 0. The molecule has 0 aromatic heterocycles. The Hall–Kier alpha value is -2.82. The number of benzene rings is 2. The minimum absolute atomic E-state index is 0.150. The average molecular weight is 426 g/mol. The van der Waals surface area contributed by atoms with E-state index in [1.54, 1.807) is 35.4 Å². The normalized spacial score (nSPS) is 17.9. The predicted molar refractivity (Wildman–Crippen MR) is 114 cm³/mol. The Morgan fingerprint density at radius 2 is 1.62 bits per heavy atom. The van der Waals surface area contributed by atoms with Gasteiger partial charge in [-0.2, -0.15) is 0 Å². The van der Waals surface area contributed by atoms with Crippen LogP contribution in [0.4, 0.5) is 0 Å². The van der Waals surface area contributed by atoms with Crippen molar-refractivity contribution >= 4 is 40.5 Å². The summed E-state index contributed by atoms with van der Waals surface area (Å²) in [4.78, 5) is 26.2. The van der Waals surface area contributed by atoms with Gasteiger partial charge in [0.05, 0.1) is 6.04 Å². The molecular weight excluding hydrogens is 409 g/mol. The number of Topliss-reactive ketones (excluding diaryl/α,β-unsaturated/α-hetero) is 1. The molecule has 1 unspecified atom stereocenters. The lowest BCUT2D eigenvalue weighted by Crippen LogP contribution is -2.33. The van der Waals surface area contributed by atoms with Crippen LogP contribution < -0.4 is 0 Å². The Labute approximate surface area is 178 Å². The first kappa shape index (κ1) is 19.5. The van der Waals surface area contributed by atoms with Gasteiger partial charge in [0, 0.05) is 27.4 Å². The largest absolute Gasteiger partial charge is 0.480 e. The molecule has 4 rings (SSSR count). The number of ketones is 1. The molecule has 1 aliphatic heterocycles. The van der Waals surface area contributed by atoms with Gasteiger partial charge >= 0.3 is 5.97 Å². The number of hydrogen-bond donors (Lipinski definition) is 1. The van der Waals surface area contributed by atoms with E-state index >= 15 is 0 Å². The number of carbonyl (C=O) groups is 2. The fourth-order valence-corrected chi connectivity index (χ4v) is 3.94. The minimum Gasteiger partial charge on any atom is -0.480 e. The van der Waals surface area contributed by atoms with Crippen LogP contribution in [0, 0.1) is 0 Å². The summed E-state index contributed by atoms with van der Waals surface area (Å²) >= 11 is 11.9. The molecule has 1 heterocycles. The second-order valence-electron chi connectivity index (χ2n) is 6.96. The lowest BCUT2D eigenvalue weighted by Gasteiger charge is -2.27. The summed E-state index contributed by atoms with van der Waals surface area (Å²) in [5.74, 6) is -1.09. The maximum atomic E-state index is 13.2. The second kappa shape index (κ2) is 7.90. The van der Waals surface area contributed by atoms with Crippen LogP contribution in [0.5, 0.6) is 0 Å². The molecule has 1 aliphatic carbocycles. The number of allylic oxidation sites excluding steroid dienone is 2. The zero-order valence-electron chi connectivity index (χ0n) is 15.3. The molecule has 0 saturated heterocycles. The smallest absolute Gasteiger partial charge is 0.323 e. The summed E-state index contributed by atoms with van der Waals surface area (Å²) < 4.78 is 0. The first-order chi connectivity index (χ1) is 13.9. The van der Waals surface area contributed by atoms with Crippen molar-refractivity contribution in [1.82, 2.24) is 4.90 Å². The number of carbonyl (C=O) groups excluding carboxylic acids is 1. The van der Waals surface area contributed by atoms with Gasteiger partial charge in [0.25, 0.3) is 0 Å². The van der Waals surface area contributed by atoms with Gasteiger partial charge in [0.15, 0.2) is 5.78 Å². The Morgan fingerprint density at radius 1 is 1.00 bits per heavy atom. The molecule has 6 heteroatoms. The number of halogens is 2. The third kappa shape index (κ3) is 4.00. The van der Waals surface area contributed by atoms with Gasteiger partial charge in [-0.05, 0) is 65.6 Å². The third-order valence-electron chi connectivity index (χ3n) is 5.08. The number of nitrogens with zero attached hydrogens (tertiary/aromatic N) is 1. The van der Waals surface area contributed by atoms with Gasteiger partial charge < -0.3 is 10.0 Å². The quantitative estimate of drug-likeness (QED) is 0.665. The Kier molecular flexibility index (Phi) is 5.31. The zero-order valence-corrected chi connectivity index (χ0v) is 16.8. The molecule has 0 saturated carbocycles. The molecule has 0 bridgehead atoms. The SMILES string of the molecule is O=C(O)CN1C=C(C(=O)c2ccc(Cl)cc2)C2=CC(c3ccc(Cl)cc3)=CCC21. The molecule has 1 N–H and O–H groups in total. The van der Waals surface area contributed by atoms with Crippen molar-refractivity contribution in [2.45, 2.75) is 12.5 Å². The van der Waals surface area contributed by atoms with E-state index in [9.17, 15) is 14.7 Å². The molecule has 1 atom stereocenters. The van der Waals surface area contributed by atoms with Crippen LogP contribution in [0.25, 0.3) is 5.57 Å². The molecule has 2 aliphatic rings. The molecule has 2 aromatic rings. The minimum atomic E-state index is -0.937. The summed E-state index contributed by atoms with van der Waals surface area (Å²) in [5, 5.41) is 10.5. The van der Waals surface area contributed by atoms with E-state index in [1.165, 1.54) is 0 Å². The van der Waals surface area contributed by atoms with E-state index in [2.05, 4.69) is 6.08 Å². The number of rotatable bonds is 5. The van der Waals surface area contributed by atoms with Crippen LogP contribution in [-0.4, -0.2) is 34.3 Å². The molecule has 4 nitrogen and oxygen atoms in total. The maximum Gasteiger partial charge on any atom is 0.323 e. The summed E-state index contributed by atoms with van der Waals surface area (Å²) in [6, 6.07) is 14.0. The number of hydrogen-bond acceptors (Lipinski definition) is 3. The molecular formula is C23H17Cl2NO3. The molecule has 0 fully saturated rings. The van der Waals surface area contributed by atoms with E-state index in [0.717, 1.165) is 16.7 Å². The highest BCUT2D eigenvalue weighted by Gasteiger charge is 2.35. The molecule has 0 radical (unpaired) electrons. The van der Waals surface area contributed by atoms with Gasteiger partial charge in [-0.1, -0.05) is 41.4 Å². The van der Waals surface area contributed by atoms with Gasteiger partial charge in [0.1, 0.15) is 6.54 Å². The number of fused-ring (bicyclic) bond motifs is 1. The van der Waals surface area contributed by atoms with Crippen molar-refractivity contribution < 1.29 is 14.7 Å². The van der Waals surface area contributed by atoms with Crippen molar-refractivity contribution in [2.75, 3.05) is 6.54 Å². The topological polar surface area (TPSA) is 57.6 Å². The molecule has 29 heavy (non-hydrogen) atoms. The molecule has 0 spiro atoms. The lowest BCUT2D eigenvalue weighted by molar-refractivity contribution is -0.137. The van der Waals surface area contributed by atoms with E-state index < -0.39 is 5.97 Å². The zero-order chi connectivity index (χ0) is 20.5. The highest BCUT2D eigenvalue weighted by Crippen LogP contribution is 2.38. The van der Waals surface area contributed by atoms with Crippen LogP contribution in [0.1, 0.15) is 22.3 Å². The van der Waals surface area contributed by atoms with Gasteiger partial charge in [-0.25, -0.2) is 0 Å². The standard InChI is InChI=1S/C23H17Cl2NO3/c24-17-6-1-14(2-7-17)16-5-10-21-19(11-16)20(12-26(21)13-22(27)28)23(29)15-3-8-18(25)9-4-15/h1-9,11-12,21H,10,13H2,(H,27,28). The van der Waals surface area contributed by atoms with E-state index in [-0.39, 0.29) is 18.4 Å². The number of carboxylic acids is 1. The highest BCUT2D eigenvalue weighted by molar-refractivity contribution is 6.31. The number of carboxylic acid groups (broad SMARTS) is 1. The first-order valence-corrected chi connectivity index (χ1v) is 9.85. The number of aliphatic carboxylic acids is 1. The average Bonchev–Trinajstić information content (AvgIpc) is 3.05. The van der Waals surface area contributed by atoms with Crippen LogP contribution in [0.2, 0.25) is 10.0 Å². The van der Waals surface area contributed by atoms with Crippen LogP contribution in [0.15, 0.2) is 78.0 Å². The molecule has 2 aromatic carbocycles. The Morgan fingerprint density at radius 3 is 2.24 bits per heavy atom. The first-order valence-electron chi connectivity index (χ1n) is 9.10. The van der Waals surface area contributed by atoms with Crippen molar-refractivity contribution in [3.05, 3.63) is 99.2 Å². The fraction of sp³-hybridized carbons (Fsp3) is 0.130. The second-order valence-corrected chi connectivity index (χ2v) is 7.84. The van der Waals surface area contributed by atoms with Crippen molar-refractivity contribution in [1.29, 1.82) is 0 Å². The molecule has 0 amide bonds. The monoisotopic (exact) mass is 425 g/mol. The van der Waals surface area contributed by atoms with Crippen LogP contribution >= 0.6 is 23.2 Å². The third-order valence-corrected chi connectivity index (χ3v) is 5.59.